The van der Waals surface area contributed by atoms with E-state index in [4.69, 9.17) is 11.6 Å². The third-order valence-electron chi connectivity index (χ3n) is 3.48. The molecule has 4 aromatic rings. The van der Waals surface area contributed by atoms with Crippen LogP contribution in [0.2, 0.25) is 5.15 Å². The van der Waals surface area contributed by atoms with E-state index in [0.29, 0.717) is 16.1 Å². The van der Waals surface area contributed by atoms with Gasteiger partial charge in [-0.05, 0) is 37.3 Å². The highest BCUT2D eigenvalue weighted by Crippen LogP contribution is 2.28. The molecule has 3 heterocycles. The molecule has 0 fully saturated rings. The second-order valence-electron chi connectivity index (χ2n) is 4.70. The summed E-state index contributed by atoms with van der Waals surface area (Å²) in [5.74, 6) is 0.540. The van der Waals surface area contributed by atoms with Gasteiger partial charge >= 0.3 is 0 Å². The average Bonchev–Trinajstić information content (AvgIpc) is 2.82. The minimum absolute atomic E-state index is 0.249. The van der Waals surface area contributed by atoms with Crippen molar-refractivity contribution < 1.29 is 4.39 Å². The molecule has 0 aliphatic heterocycles. The van der Waals surface area contributed by atoms with E-state index in [0.717, 1.165) is 22.4 Å². The molecule has 3 aromatic heterocycles. The smallest absolute Gasteiger partial charge is 0.132 e. The van der Waals surface area contributed by atoms with Crippen LogP contribution in [0.4, 0.5) is 4.39 Å². The molecule has 5 heteroatoms. The fourth-order valence-corrected chi connectivity index (χ4v) is 2.80. The Balaban J connectivity index is 2.35. The molecule has 0 bridgehead atoms. The Morgan fingerprint density at radius 3 is 2.80 bits per heavy atom. The van der Waals surface area contributed by atoms with Crippen LogP contribution in [0.5, 0.6) is 0 Å². The van der Waals surface area contributed by atoms with Crippen molar-refractivity contribution in [2.75, 3.05) is 0 Å². The number of benzene rings is 1. The lowest BCUT2D eigenvalue weighted by Gasteiger charge is -2.05. The van der Waals surface area contributed by atoms with E-state index in [-0.39, 0.29) is 5.82 Å². The number of hydrogen-bond acceptors (Lipinski definition) is 2. The second kappa shape index (κ2) is 3.90. The van der Waals surface area contributed by atoms with Crippen molar-refractivity contribution >= 4 is 39.1 Å². The van der Waals surface area contributed by atoms with Gasteiger partial charge in [-0.3, -0.25) is 4.40 Å². The summed E-state index contributed by atoms with van der Waals surface area (Å²) in [5.41, 5.74) is 3.03. The Morgan fingerprint density at radius 1 is 1.10 bits per heavy atom. The Morgan fingerprint density at radius 2 is 1.95 bits per heavy atom. The number of nitrogens with zero attached hydrogens (tertiary/aromatic N) is 3. The van der Waals surface area contributed by atoms with Gasteiger partial charge in [0.1, 0.15) is 22.3 Å². The lowest BCUT2D eigenvalue weighted by molar-refractivity contribution is 0.640. The van der Waals surface area contributed by atoms with Gasteiger partial charge in [0, 0.05) is 5.39 Å². The largest absolute Gasteiger partial charge is 0.296 e. The zero-order valence-corrected chi connectivity index (χ0v) is 11.3. The zero-order valence-electron chi connectivity index (χ0n) is 10.6. The quantitative estimate of drug-likeness (QED) is 0.455. The molecular weight excluding hydrogens is 277 g/mol. The highest BCUT2D eigenvalue weighted by molar-refractivity contribution is 6.29. The number of pyridine rings is 1. The molecule has 0 saturated heterocycles. The molecule has 0 saturated carbocycles. The van der Waals surface area contributed by atoms with Crippen LogP contribution in [0.25, 0.3) is 27.5 Å². The highest BCUT2D eigenvalue weighted by atomic mass is 35.5. The number of rotatable bonds is 0. The summed E-state index contributed by atoms with van der Waals surface area (Å²) in [7, 11) is 0. The van der Waals surface area contributed by atoms with E-state index in [1.54, 1.807) is 18.2 Å². The summed E-state index contributed by atoms with van der Waals surface area (Å²) in [5, 5.41) is 0.961. The van der Waals surface area contributed by atoms with Crippen LogP contribution in [0.15, 0.2) is 36.4 Å². The van der Waals surface area contributed by atoms with Crippen LogP contribution < -0.4 is 0 Å². The van der Waals surface area contributed by atoms with Crippen molar-refractivity contribution in [3.63, 3.8) is 0 Å². The third-order valence-corrected chi connectivity index (χ3v) is 3.69. The van der Waals surface area contributed by atoms with Crippen molar-refractivity contribution in [2.24, 2.45) is 0 Å². The number of aryl methyl sites for hydroxylation is 1. The maximum absolute atomic E-state index is 14.0. The van der Waals surface area contributed by atoms with Gasteiger partial charge in [-0.25, -0.2) is 14.4 Å². The molecule has 0 radical (unpaired) electrons. The first-order valence-electron chi connectivity index (χ1n) is 6.18. The summed E-state index contributed by atoms with van der Waals surface area (Å²) in [6, 6.07) is 10.3. The van der Waals surface area contributed by atoms with Gasteiger partial charge in [0.15, 0.2) is 0 Å². The molecule has 4 rings (SSSR count). The van der Waals surface area contributed by atoms with Gasteiger partial charge in [-0.1, -0.05) is 17.7 Å². The lowest BCUT2D eigenvalue weighted by atomic mass is 10.2. The van der Waals surface area contributed by atoms with Crippen LogP contribution in [0.3, 0.4) is 0 Å². The molecule has 0 amide bonds. The zero-order chi connectivity index (χ0) is 13.9. The van der Waals surface area contributed by atoms with Crippen molar-refractivity contribution in [1.82, 2.24) is 14.4 Å². The van der Waals surface area contributed by atoms with Crippen molar-refractivity contribution in [3.05, 3.63) is 53.2 Å². The van der Waals surface area contributed by atoms with Gasteiger partial charge in [0.05, 0.1) is 16.6 Å². The second-order valence-corrected chi connectivity index (χ2v) is 5.09. The van der Waals surface area contributed by atoms with E-state index in [9.17, 15) is 4.39 Å². The summed E-state index contributed by atoms with van der Waals surface area (Å²) >= 11 is 5.97. The van der Waals surface area contributed by atoms with E-state index in [2.05, 4.69) is 9.97 Å². The Hall–Kier alpha value is -2.20. The maximum Gasteiger partial charge on any atom is 0.132 e. The van der Waals surface area contributed by atoms with Crippen molar-refractivity contribution in [2.45, 2.75) is 6.92 Å². The number of halogens is 2. The third kappa shape index (κ3) is 1.45. The Kier molecular flexibility index (Phi) is 2.26. The number of aromatic nitrogens is 3. The Labute approximate surface area is 118 Å². The molecule has 1 aromatic carbocycles. The topological polar surface area (TPSA) is 30.2 Å². The molecule has 20 heavy (non-hydrogen) atoms. The number of hydrogen-bond donors (Lipinski definition) is 0. The van der Waals surface area contributed by atoms with Gasteiger partial charge in [-0.2, -0.15) is 0 Å². The van der Waals surface area contributed by atoms with Crippen LogP contribution in [-0.2, 0) is 0 Å². The first-order valence-corrected chi connectivity index (χ1v) is 6.55. The first-order chi connectivity index (χ1) is 9.65. The average molecular weight is 286 g/mol. The first kappa shape index (κ1) is 11.6. The van der Waals surface area contributed by atoms with E-state index < -0.39 is 0 Å². The minimum atomic E-state index is -0.249. The van der Waals surface area contributed by atoms with E-state index in [1.165, 1.54) is 6.07 Å². The van der Waals surface area contributed by atoms with Gasteiger partial charge < -0.3 is 0 Å². The lowest BCUT2D eigenvalue weighted by Crippen LogP contribution is -1.97. The normalized spacial score (nSPS) is 11.8. The predicted molar refractivity (Wildman–Crippen MR) is 77.7 cm³/mol. The monoisotopic (exact) mass is 285 g/mol. The van der Waals surface area contributed by atoms with Crippen LogP contribution in [0, 0.1) is 12.7 Å². The fraction of sp³-hybridized carbons (Fsp3) is 0.0667. The van der Waals surface area contributed by atoms with E-state index >= 15 is 0 Å². The summed E-state index contributed by atoms with van der Waals surface area (Å²) in [4.78, 5) is 8.85. The summed E-state index contributed by atoms with van der Waals surface area (Å²) in [6.45, 7) is 1.89. The molecule has 0 N–H and O–H groups in total. The molecule has 0 aliphatic rings. The number of fused-ring (bicyclic) bond motifs is 5. The SMILES string of the molecule is Cc1nc2ccc(Cl)nc2c2cc3c(F)cccc3n12. The summed E-state index contributed by atoms with van der Waals surface area (Å²) in [6.07, 6.45) is 0. The van der Waals surface area contributed by atoms with Crippen molar-refractivity contribution in [1.29, 1.82) is 0 Å². The molecule has 0 spiro atoms. The van der Waals surface area contributed by atoms with Crippen LogP contribution >= 0.6 is 11.6 Å². The molecule has 3 nitrogen and oxygen atoms in total. The van der Waals surface area contributed by atoms with Crippen LogP contribution in [-0.4, -0.2) is 14.4 Å². The Bertz CT molecular complexity index is 991. The molecule has 98 valence electrons. The van der Waals surface area contributed by atoms with E-state index in [1.807, 2.05) is 23.5 Å². The standard InChI is InChI=1S/C15H9ClFN3/c1-8-18-11-5-6-14(16)19-15(11)13-7-9-10(17)3-2-4-12(9)20(8)13/h2-7H,1H3. The molecule has 0 unspecified atom stereocenters. The molecular formula is C15H9ClFN3. The predicted octanol–water partition coefficient (Wildman–Crippen LogP) is 4.14. The van der Waals surface area contributed by atoms with Crippen LogP contribution in [0.1, 0.15) is 5.82 Å². The van der Waals surface area contributed by atoms with Gasteiger partial charge in [-0.15, -0.1) is 0 Å². The maximum atomic E-state index is 14.0. The fourth-order valence-electron chi connectivity index (χ4n) is 2.65. The highest BCUT2D eigenvalue weighted by Gasteiger charge is 2.13. The van der Waals surface area contributed by atoms with Gasteiger partial charge in [0.2, 0.25) is 0 Å². The molecule has 0 aliphatic carbocycles. The van der Waals surface area contributed by atoms with Crippen molar-refractivity contribution in [3.8, 4) is 0 Å². The minimum Gasteiger partial charge on any atom is -0.296 e. The molecule has 0 atom stereocenters. The van der Waals surface area contributed by atoms with Gasteiger partial charge in [0.25, 0.3) is 0 Å². The summed E-state index contributed by atoms with van der Waals surface area (Å²) < 4.78 is 15.9.